The first kappa shape index (κ1) is 15.7. The Morgan fingerprint density at radius 3 is 2.72 bits per heavy atom. The van der Waals surface area contributed by atoms with Crippen molar-refractivity contribution in [2.24, 2.45) is 5.73 Å². The van der Waals surface area contributed by atoms with Gasteiger partial charge in [-0.1, -0.05) is 0 Å². The van der Waals surface area contributed by atoms with Gasteiger partial charge in [0, 0.05) is 26.2 Å². The first-order chi connectivity index (χ1) is 8.20. The molecule has 2 heterocycles. The van der Waals surface area contributed by atoms with E-state index in [1.165, 1.54) is 0 Å². The Morgan fingerprint density at radius 2 is 2.06 bits per heavy atom. The van der Waals surface area contributed by atoms with E-state index in [0.29, 0.717) is 6.54 Å². The Hall–Kier alpha value is -0.360. The number of amides is 1. The SMILES string of the molecule is CN1CCCN(C(=O)[C@@H]2CC[C@H](CN)O2)CC1.Cl. The van der Waals surface area contributed by atoms with Crippen LogP contribution in [-0.2, 0) is 9.53 Å². The summed E-state index contributed by atoms with van der Waals surface area (Å²) in [7, 11) is 2.10. The molecule has 2 aliphatic rings. The van der Waals surface area contributed by atoms with Crippen molar-refractivity contribution in [2.75, 3.05) is 39.8 Å². The fourth-order valence-electron chi connectivity index (χ4n) is 2.53. The second kappa shape index (κ2) is 7.28. The Kier molecular flexibility index (Phi) is 6.35. The van der Waals surface area contributed by atoms with Gasteiger partial charge in [-0.2, -0.15) is 0 Å². The lowest BCUT2D eigenvalue weighted by Gasteiger charge is -2.24. The summed E-state index contributed by atoms with van der Waals surface area (Å²) in [5, 5.41) is 0. The lowest BCUT2D eigenvalue weighted by molar-refractivity contribution is -0.142. The van der Waals surface area contributed by atoms with Gasteiger partial charge in [-0.3, -0.25) is 4.79 Å². The van der Waals surface area contributed by atoms with Crippen molar-refractivity contribution in [3.8, 4) is 0 Å². The molecule has 2 atom stereocenters. The van der Waals surface area contributed by atoms with Crippen molar-refractivity contribution in [3.63, 3.8) is 0 Å². The first-order valence-electron chi connectivity index (χ1n) is 6.53. The zero-order valence-corrected chi connectivity index (χ0v) is 11.8. The fourth-order valence-corrected chi connectivity index (χ4v) is 2.53. The highest BCUT2D eigenvalue weighted by atomic mass is 35.5. The summed E-state index contributed by atoms with van der Waals surface area (Å²) in [6, 6.07) is 0. The molecule has 106 valence electrons. The van der Waals surface area contributed by atoms with Gasteiger partial charge in [0.15, 0.2) is 0 Å². The zero-order chi connectivity index (χ0) is 12.3. The molecule has 2 saturated heterocycles. The van der Waals surface area contributed by atoms with E-state index < -0.39 is 0 Å². The second-order valence-electron chi connectivity index (χ2n) is 5.04. The van der Waals surface area contributed by atoms with Gasteiger partial charge in [0.05, 0.1) is 6.10 Å². The van der Waals surface area contributed by atoms with Crippen LogP contribution >= 0.6 is 12.4 Å². The topological polar surface area (TPSA) is 58.8 Å². The molecule has 0 aromatic rings. The minimum atomic E-state index is -0.244. The lowest BCUT2D eigenvalue weighted by Crippen LogP contribution is -2.41. The summed E-state index contributed by atoms with van der Waals surface area (Å²) >= 11 is 0. The van der Waals surface area contributed by atoms with Crippen LogP contribution in [0, 0.1) is 0 Å². The summed E-state index contributed by atoms with van der Waals surface area (Å²) in [6.45, 7) is 4.23. The van der Waals surface area contributed by atoms with Crippen LogP contribution in [0.3, 0.4) is 0 Å². The van der Waals surface area contributed by atoms with Gasteiger partial charge in [0.1, 0.15) is 6.10 Å². The highest BCUT2D eigenvalue weighted by Gasteiger charge is 2.33. The van der Waals surface area contributed by atoms with E-state index in [1.54, 1.807) is 0 Å². The van der Waals surface area contributed by atoms with Crippen LogP contribution in [0.1, 0.15) is 19.3 Å². The van der Waals surface area contributed by atoms with Crippen molar-refractivity contribution in [3.05, 3.63) is 0 Å². The van der Waals surface area contributed by atoms with Crippen molar-refractivity contribution in [1.82, 2.24) is 9.80 Å². The van der Waals surface area contributed by atoms with E-state index in [0.717, 1.165) is 45.4 Å². The molecule has 0 aliphatic carbocycles. The number of carbonyl (C=O) groups excluding carboxylic acids is 1. The van der Waals surface area contributed by atoms with Crippen molar-refractivity contribution >= 4 is 18.3 Å². The Balaban J connectivity index is 0.00000162. The molecular formula is C12H24ClN3O2. The van der Waals surface area contributed by atoms with Crippen LogP contribution in [0.2, 0.25) is 0 Å². The molecule has 6 heteroatoms. The number of hydrogen-bond donors (Lipinski definition) is 1. The molecule has 2 rings (SSSR count). The minimum Gasteiger partial charge on any atom is -0.364 e. The van der Waals surface area contributed by atoms with Crippen LogP contribution in [0.4, 0.5) is 0 Å². The smallest absolute Gasteiger partial charge is 0.251 e. The van der Waals surface area contributed by atoms with Crippen molar-refractivity contribution < 1.29 is 9.53 Å². The largest absolute Gasteiger partial charge is 0.364 e. The van der Waals surface area contributed by atoms with Gasteiger partial charge >= 0.3 is 0 Å². The van der Waals surface area contributed by atoms with Gasteiger partial charge in [0.2, 0.25) is 0 Å². The van der Waals surface area contributed by atoms with Gasteiger partial charge in [-0.25, -0.2) is 0 Å². The molecule has 2 N–H and O–H groups in total. The molecule has 0 unspecified atom stereocenters. The molecule has 0 bridgehead atoms. The molecular weight excluding hydrogens is 254 g/mol. The third-order valence-electron chi connectivity index (χ3n) is 3.68. The monoisotopic (exact) mass is 277 g/mol. The summed E-state index contributed by atoms with van der Waals surface area (Å²) in [6.07, 6.45) is 2.63. The van der Waals surface area contributed by atoms with E-state index in [2.05, 4.69) is 11.9 Å². The average Bonchev–Trinajstić information content (AvgIpc) is 2.71. The molecule has 1 amide bonds. The third-order valence-corrected chi connectivity index (χ3v) is 3.68. The number of hydrogen-bond acceptors (Lipinski definition) is 4. The van der Waals surface area contributed by atoms with Crippen LogP contribution in [0.25, 0.3) is 0 Å². The Bertz CT molecular complexity index is 278. The summed E-state index contributed by atoms with van der Waals surface area (Å²) in [5.74, 6) is 0.163. The summed E-state index contributed by atoms with van der Waals surface area (Å²) in [4.78, 5) is 16.5. The van der Waals surface area contributed by atoms with Crippen LogP contribution in [0.15, 0.2) is 0 Å². The number of nitrogens with zero attached hydrogens (tertiary/aromatic N) is 2. The Morgan fingerprint density at radius 1 is 1.28 bits per heavy atom. The predicted octanol–water partition coefficient (Wildman–Crippen LogP) is 0.0786. The van der Waals surface area contributed by atoms with Crippen molar-refractivity contribution in [1.29, 1.82) is 0 Å². The number of halogens is 1. The van der Waals surface area contributed by atoms with E-state index in [4.69, 9.17) is 10.5 Å². The zero-order valence-electron chi connectivity index (χ0n) is 11.0. The molecule has 5 nitrogen and oxygen atoms in total. The number of carbonyl (C=O) groups is 1. The summed E-state index contributed by atoms with van der Waals surface area (Å²) in [5.41, 5.74) is 5.56. The number of ether oxygens (including phenoxy) is 1. The maximum atomic E-state index is 12.3. The molecule has 2 aliphatic heterocycles. The quantitative estimate of drug-likeness (QED) is 0.777. The van der Waals surface area contributed by atoms with Crippen LogP contribution < -0.4 is 5.73 Å². The second-order valence-corrected chi connectivity index (χ2v) is 5.04. The van der Waals surface area contributed by atoms with E-state index >= 15 is 0 Å². The molecule has 0 aromatic carbocycles. The van der Waals surface area contributed by atoms with Gasteiger partial charge in [-0.05, 0) is 32.9 Å². The van der Waals surface area contributed by atoms with E-state index in [9.17, 15) is 4.79 Å². The molecule has 0 radical (unpaired) electrons. The Labute approximate surface area is 115 Å². The highest BCUT2D eigenvalue weighted by molar-refractivity contribution is 5.85. The minimum absolute atomic E-state index is 0. The maximum Gasteiger partial charge on any atom is 0.251 e. The molecule has 0 spiro atoms. The van der Waals surface area contributed by atoms with E-state index in [1.807, 2.05) is 4.90 Å². The van der Waals surface area contributed by atoms with E-state index in [-0.39, 0.29) is 30.5 Å². The predicted molar refractivity (Wildman–Crippen MR) is 72.9 cm³/mol. The van der Waals surface area contributed by atoms with Crippen LogP contribution in [0.5, 0.6) is 0 Å². The number of rotatable bonds is 2. The first-order valence-corrected chi connectivity index (χ1v) is 6.53. The summed E-state index contributed by atoms with van der Waals surface area (Å²) < 4.78 is 5.66. The molecule has 0 saturated carbocycles. The van der Waals surface area contributed by atoms with Crippen molar-refractivity contribution in [2.45, 2.75) is 31.5 Å². The van der Waals surface area contributed by atoms with Gasteiger partial charge in [0.25, 0.3) is 5.91 Å². The lowest BCUT2D eigenvalue weighted by atomic mass is 10.2. The number of likely N-dealkylation sites (N-methyl/N-ethyl adjacent to an activating group) is 1. The fraction of sp³-hybridized carbons (Fsp3) is 0.917. The molecule has 2 fully saturated rings. The average molecular weight is 278 g/mol. The third kappa shape index (κ3) is 3.82. The van der Waals surface area contributed by atoms with Gasteiger partial charge < -0.3 is 20.3 Å². The molecule has 18 heavy (non-hydrogen) atoms. The number of nitrogens with two attached hydrogens (primary N) is 1. The van der Waals surface area contributed by atoms with Gasteiger partial charge in [-0.15, -0.1) is 12.4 Å². The van der Waals surface area contributed by atoms with Crippen LogP contribution in [-0.4, -0.2) is 67.7 Å². The highest BCUT2D eigenvalue weighted by Crippen LogP contribution is 2.21. The maximum absolute atomic E-state index is 12.3. The standard InChI is InChI=1S/C12H23N3O2.ClH/c1-14-5-2-6-15(8-7-14)12(16)11-4-3-10(9-13)17-11;/h10-11H,2-9,13H2,1H3;1H/t10-,11+;/m1./s1. The molecule has 0 aromatic heterocycles. The normalized spacial score (nSPS) is 29.8.